The van der Waals surface area contributed by atoms with Crippen LogP contribution in [-0.2, 0) is 0 Å². The first-order valence-corrected chi connectivity index (χ1v) is 9.73. The van der Waals surface area contributed by atoms with Crippen LogP contribution < -0.4 is 15.8 Å². The Morgan fingerprint density at radius 3 is 2.67 bits per heavy atom. The number of amides is 1. The summed E-state index contributed by atoms with van der Waals surface area (Å²) in [5, 5.41) is 2.98. The average Bonchev–Trinajstić information content (AvgIpc) is 2.59. The third-order valence-electron chi connectivity index (χ3n) is 4.62. The van der Waals surface area contributed by atoms with E-state index >= 15 is 0 Å². The number of halogens is 1. The Morgan fingerprint density at radius 1 is 1.25 bits per heavy atom. The van der Waals surface area contributed by atoms with Crippen LogP contribution in [0.4, 0.5) is 4.39 Å². The maximum Gasteiger partial charge on any atom is 0.257 e. The second-order valence-electron chi connectivity index (χ2n) is 6.52. The molecule has 1 aromatic rings. The van der Waals surface area contributed by atoms with E-state index in [1.165, 1.54) is 6.07 Å². The highest BCUT2D eigenvalue weighted by Crippen LogP contribution is 2.25. The van der Waals surface area contributed by atoms with Gasteiger partial charge in [-0.1, -0.05) is 0 Å². The van der Waals surface area contributed by atoms with Gasteiger partial charge in [-0.05, 0) is 56.1 Å². The summed E-state index contributed by atoms with van der Waals surface area (Å²) in [6.45, 7) is 0. The van der Waals surface area contributed by atoms with Crippen molar-refractivity contribution in [3.8, 4) is 5.88 Å². The van der Waals surface area contributed by atoms with Crippen LogP contribution in [0.3, 0.4) is 0 Å². The number of nitrogens with zero attached hydrogens (tertiary/aromatic N) is 1. The summed E-state index contributed by atoms with van der Waals surface area (Å²) < 4.78 is 19.5. The number of rotatable bonds is 4. The topological polar surface area (TPSA) is 77.2 Å². The lowest BCUT2D eigenvalue weighted by atomic mass is 9.91. The molecule has 3 N–H and O–H groups in total. The second-order valence-corrected chi connectivity index (χ2v) is 7.75. The van der Waals surface area contributed by atoms with E-state index in [-0.39, 0.29) is 35.5 Å². The highest BCUT2D eigenvalue weighted by Gasteiger charge is 2.24. The molecular formula is C17H24FN3O2S. The van der Waals surface area contributed by atoms with Gasteiger partial charge in [0.1, 0.15) is 17.5 Å². The molecule has 3 rings (SSSR count). The lowest BCUT2D eigenvalue weighted by molar-refractivity contribution is 0.0915. The van der Waals surface area contributed by atoms with Crippen LogP contribution >= 0.6 is 11.8 Å². The summed E-state index contributed by atoms with van der Waals surface area (Å²) in [4.78, 5) is 16.6. The van der Waals surface area contributed by atoms with Gasteiger partial charge in [-0.15, -0.1) is 0 Å². The number of nitrogens with one attached hydrogen (secondary N) is 1. The summed E-state index contributed by atoms with van der Waals surface area (Å²) in [5.74, 6) is 1.46. The van der Waals surface area contributed by atoms with Crippen molar-refractivity contribution in [3.63, 3.8) is 0 Å². The molecule has 0 aromatic carbocycles. The summed E-state index contributed by atoms with van der Waals surface area (Å²) in [7, 11) is 0. The number of hydrogen-bond acceptors (Lipinski definition) is 5. The van der Waals surface area contributed by atoms with Gasteiger partial charge in [-0.3, -0.25) is 4.79 Å². The maximum atomic E-state index is 13.6. The van der Waals surface area contributed by atoms with Crippen molar-refractivity contribution in [2.75, 3.05) is 11.5 Å². The predicted molar refractivity (Wildman–Crippen MR) is 92.9 cm³/mol. The number of ether oxygens (including phenoxy) is 1. The molecule has 0 radical (unpaired) electrons. The second kappa shape index (κ2) is 8.16. The minimum atomic E-state index is -0.530. The Kier molecular flexibility index (Phi) is 5.94. The number of carbonyl (C=O) groups is 1. The maximum absolute atomic E-state index is 13.6. The van der Waals surface area contributed by atoms with Gasteiger partial charge >= 0.3 is 0 Å². The minimum absolute atomic E-state index is 0.0449. The van der Waals surface area contributed by atoms with Crippen LogP contribution in [-0.4, -0.2) is 40.6 Å². The Hall–Kier alpha value is -1.34. The van der Waals surface area contributed by atoms with Gasteiger partial charge in [0.05, 0.1) is 6.20 Å². The van der Waals surface area contributed by atoms with Crippen LogP contribution in [0.25, 0.3) is 0 Å². The molecule has 0 bridgehead atoms. The van der Waals surface area contributed by atoms with E-state index in [9.17, 15) is 9.18 Å². The molecule has 24 heavy (non-hydrogen) atoms. The average molecular weight is 353 g/mol. The molecule has 1 aromatic heterocycles. The van der Waals surface area contributed by atoms with Crippen LogP contribution in [0.15, 0.2) is 12.3 Å². The molecule has 1 aliphatic heterocycles. The fourth-order valence-electron chi connectivity index (χ4n) is 3.16. The number of aromatic nitrogens is 1. The predicted octanol–water partition coefficient (Wildman–Crippen LogP) is 2.49. The first-order valence-electron chi connectivity index (χ1n) is 8.58. The van der Waals surface area contributed by atoms with E-state index in [0.717, 1.165) is 56.2 Å². The first kappa shape index (κ1) is 17.5. The normalized spacial score (nSPS) is 25.2. The van der Waals surface area contributed by atoms with E-state index in [4.69, 9.17) is 10.5 Å². The summed E-state index contributed by atoms with van der Waals surface area (Å²) in [6.07, 6.45) is 6.49. The molecule has 7 heteroatoms. The van der Waals surface area contributed by atoms with Gasteiger partial charge in [-0.2, -0.15) is 11.8 Å². The first-order chi connectivity index (χ1) is 11.6. The molecule has 0 unspecified atom stereocenters. The van der Waals surface area contributed by atoms with Crippen LogP contribution in [0.1, 0.15) is 48.9 Å². The third-order valence-corrected chi connectivity index (χ3v) is 5.66. The van der Waals surface area contributed by atoms with Crippen molar-refractivity contribution in [1.29, 1.82) is 0 Å². The Bertz CT molecular complexity index is 573. The van der Waals surface area contributed by atoms with Gasteiger partial charge in [0.15, 0.2) is 0 Å². The largest absolute Gasteiger partial charge is 0.474 e. The zero-order valence-electron chi connectivity index (χ0n) is 13.7. The van der Waals surface area contributed by atoms with E-state index in [1.54, 1.807) is 0 Å². The van der Waals surface area contributed by atoms with E-state index in [2.05, 4.69) is 10.3 Å². The van der Waals surface area contributed by atoms with Crippen molar-refractivity contribution >= 4 is 17.7 Å². The third kappa shape index (κ3) is 4.60. The Balaban J connectivity index is 1.68. The van der Waals surface area contributed by atoms with Crippen molar-refractivity contribution in [3.05, 3.63) is 23.6 Å². The highest BCUT2D eigenvalue weighted by molar-refractivity contribution is 7.99. The van der Waals surface area contributed by atoms with E-state index in [0.29, 0.717) is 0 Å². The molecule has 1 amide bonds. The standard InChI is InChI=1S/C17H24FN3O2S/c18-11-9-15(16(22)21-13-3-1-12(19)2-4-13)17(20-10-11)23-14-5-7-24-8-6-14/h9-10,12-14H,1-8,19H2,(H,21,22)/t12-,13+. The zero-order valence-corrected chi connectivity index (χ0v) is 14.5. The smallest absolute Gasteiger partial charge is 0.257 e. The van der Waals surface area contributed by atoms with Crippen molar-refractivity contribution in [1.82, 2.24) is 10.3 Å². The number of thioether (sulfide) groups is 1. The van der Waals surface area contributed by atoms with E-state index < -0.39 is 5.82 Å². The summed E-state index contributed by atoms with van der Waals surface area (Å²) >= 11 is 1.90. The molecule has 2 fully saturated rings. The fourth-order valence-corrected chi connectivity index (χ4v) is 4.22. The monoisotopic (exact) mass is 353 g/mol. The van der Waals surface area contributed by atoms with Crippen molar-refractivity contribution in [2.45, 2.75) is 56.7 Å². The number of pyridine rings is 1. The molecular weight excluding hydrogens is 329 g/mol. The molecule has 1 aliphatic carbocycles. The van der Waals surface area contributed by atoms with Crippen LogP contribution in [0.2, 0.25) is 0 Å². The Labute approximate surface area is 145 Å². The summed E-state index contributed by atoms with van der Waals surface area (Å²) in [5.41, 5.74) is 6.08. The SMILES string of the molecule is N[C@H]1CC[C@@H](NC(=O)c2cc(F)cnc2OC2CCSCC2)CC1. The van der Waals surface area contributed by atoms with Gasteiger partial charge in [0.2, 0.25) is 5.88 Å². The van der Waals surface area contributed by atoms with Gasteiger partial charge in [0, 0.05) is 12.1 Å². The minimum Gasteiger partial charge on any atom is -0.474 e. The number of carbonyl (C=O) groups excluding carboxylic acids is 1. The number of nitrogens with two attached hydrogens (primary N) is 1. The van der Waals surface area contributed by atoms with Gasteiger partial charge in [0.25, 0.3) is 5.91 Å². The van der Waals surface area contributed by atoms with Crippen molar-refractivity contribution in [2.24, 2.45) is 5.73 Å². The molecule has 2 heterocycles. The summed E-state index contributed by atoms with van der Waals surface area (Å²) in [6, 6.07) is 1.51. The fraction of sp³-hybridized carbons (Fsp3) is 0.647. The van der Waals surface area contributed by atoms with Gasteiger partial charge in [-0.25, -0.2) is 9.37 Å². The number of hydrogen-bond donors (Lipinski definition) is 2. The molecule has 0 spiro atoms. The quantitative estimate of drug-likeness (QED) is 0.870. The molecule has 0 atom stereocenters. The van der Waals surface area contributed by atoms with Gasteiger partial charge < -0.3 is 15.8 Å². The zero-order chi connectivity index (χ0) is 16.9. The Morgan fingerprint density at radius 2 is 1.96 bits per heavy atom. The van der Waals surface area contributed by atoms with Crippen molar-refractivity contribution < 1.29 is 13.9 Å². The molecule has 1 saturated carbocycles. The lowest BCUT2D eigenvalue weighted by Gasteiger charge is -2.27. The van der Waals surface area contributed by atoms with Crippen LogP contribution in [0.5, 0.6) is 5.88 Å². The molecule has 2 aliphatic rings. The molecule has 132 valence electrons. The molecule has 5 nitrogen and oxygen atoms in total. The molecule has 1 saturated heterocycles. The van der Waals surface area contributed by atoms with Crippen LogP contribution in [0, 0.1) is 5.82 Å². The lowest BCUT2D eigenvalue weighted by Crippen LogP contribution is -2.40. The van der Waals surface area contributed by atoms with E-state index in [1.807, 2.05) is 11.8 Å². The highest BCUT2D eigenvalue weighted by atomic mass is 32.2.